The molecule has 0 aromatic carbocycles. The van der Waals surface area contributed by atoms with Crippen molar-refractivity contribution in [3.63, 3.8) is 0 Å². The van der Waals surface area contributed by atoms with E-state index in [0.29, 0.717) is 30.6 Å². The standard InChI is InChI=1S/C18H17ClN4OS2/c19-14-15(18(24)21-10-13-4-2-8-26-13)22-16(11-5-6-11)23-17(14)20-9-12-3-1-7-25-12/h1-4,7-8,11H,5-6,9-10H2,(H,21,24)(H,20,22,23). The largest absolute Gasteiger partial charge is 0.364 e. The Kier molecular flexibility index (Phi) is 5.19. The molecule has 3 aromatic rings. The predicted octanol–water partition coefficient (Wildman–Crippen LogP) is 4.67. The van der Waals surface area contributed by atoms with Crippen LogP contribution in [0.3, 0.4) is 0 Å². The lowest BCUT2D eigenvalue weighted by atomic mass is 10.3. The zero-order valence-corrected chi connectivity index (χ0v) is 16.3. The van der Waals surface area contributed by atoms with Crippen LogP contribution in [0.1, 0.15) is 44.8 Å². The van der Waals surface area contributed by atoms with E-state index in [0.717, 1.165) is 17.7 Å². The van der Waals surface area contributed by atoms with Crippen LogP contribution < -0.4 is 10.6 Å². The molecule has 1 fully saturated rings. The average Bonchev–Trinajstić information content (AvgIpc) is 3.13. The fourth-order valence-electron chi connectivity index (χ4n) is 2.50. The molecule has 26 heavy (non-hydrogen) atoms. The van der Waals surface area contributed by atoms with Crippen LogP contribution in [0.2, 0.25) is 5.02 Å². The molecule has 0 unspecified atom stereocenters. The van der Waals surface area contributed by atoms with E-state index in [1.807, 2.05) is 35.0 Å². The number of halogens is 1. The van der Waals surface area contributed by atoms with Crippen molar-refractivity contribution in [3.8, 4) is 0 Å². The summed E-state index contributed by atoms with van der Waals surface area (Å²) in [7, 11) is 0. The zero-order valence-electron chi connectivity index (χ0n) is 13.9. The van der Waals surface area contributed by atoms with Crippen molar-refractivity contribution >= 4 is 46.0 Å². The molecule has 1 aliphatic rings. The molecular weight excluding hydrogens is 388 g/mol. The number of hydrogen-bond acceptors (Lipinski definition) is 6. The van der Waals surface area contributed by atoms with E-state index in [1.54, 1.807) is 22.7 Å². The Morgan fingerprint density at radius 2 is 1.81 bits per heavy atom. The van der Waals surface area contributed by atoms with E-state index in [2.05, 4.69) is 20.6 Å². The first-order chi connectivity index (χ1) is 12.7. The molecule has 8 heteroatoms. The number of rotatable bonds is 7. The number of nitrogens with zero attached hydrogens (tertiary/aromatic N) is 2. The minimum atomic E-state index is -0.271. The van der Waals surface area contributed by atoms with Gasteiger partial charge in [-0.2, -0.15) is 0 Å². The first-order valence-electron chi connectivity index (χ1n) is 8.35. The minimum Gasteiger partial charge on any atom is -0.364 e. The second kappa shape index (κ2) is 7.73. The van der Waals surface area contributed by atoms with Gasteiger partial charge in [-0.15, -0.1) is 22.7 Å². The van der Waals surface area contributed by atoms with Crippen LogP contribution in [0.4, 0.5) is 5.82 Å². The van der Waals surface area contributed by atoms with Gasteiger partial charge in [-0.1, -0.05) is 23.7 Å². The second-order valence-electron chi connectivity index (χ2n) is 6.06. The maximum atomic E-state index is 12.6. The Morgan fingerprint density at radius 3 is 2.42 bits per heavy atom. The van der Waals surface area contributed by atoms with Crippen LogP contribution in [0.15, 0.2) is 35.0 Å². The number of carbonyl (C=O) groups excluding carboxylic acids is 1. The SMILES string of the molecule is O=C(NCc1cccs1)c1nc(C2CC2)nc(NCc2cccs2)c1Cl. The highest BCUT2D eigenvalue weighted by atomic mass is 35.5. The summed E-state index contributed by atoms with van der Waals surface area (Å²) in [5, 5.41) is 10.4. The fraction of sp³-hybridized carbons (Fsp3) is 0.278. The number of nitrogens with one attached hydrogen (secondary N) is 2. The topological polar surface area (TPSA) is 66.9 Å². The quantitative estimate of drug-likeness (QED) is 0.600. The van der Waals surface area contributed by atoms with E-state index < -0.39 is 0 Å². The molecule has 5 nitrogen and oxygen atoms in total. The molecule has 0 radical (unpaired) electrons. The zero-order chi connectivity index (χ0) is 17.9. The maximum absolute atomic E-state index is 12.6. The van der Waals surface area contributed by atoms with Crippen LogP contribution in [-0.4, -0.2) is 15.9 Å². The van der Waals surface area contributed by atoms with Gasteiger partial charge in [-0.05, 0) is 35.7 Å². The lowest BCUT2D eigenvalue weighted by molar-refractivity contribution is 0.0946. The lowest BCUT2D eigenvalue weighted by Gasteiger charge is -2.12. The Hall–Kier alpha value is -1.96. The van der Waals surface area contributed by atoms with Crippen LogP contribution >= 0.6 is 34.3 Å². The Bertz CT molecular complexity index is 892. The third-order valence-electron chi connectivity index (χ3n) is 4.04. The van der Waals surface area contributed by atoms with Crippen LogP contribution in [-0.2, 0) is 13.1 Å². The molecule has 2 N–H and O–H groups in total. The number of amides is 1. The highest BCUT2D eigenvalue weighted by molar-refractivity contribution is 7.10. The monoisotopic (exact) mass is 404 g/mol. The fourth-order valence-corrected chi connectivity index (χ4v) is 4.03. The number of anilines is 1. The summed E-state index contributed by atoms with van der Waals surface area (Å²) in [4.78, 5) is 23.9. The Labute approximate surface area is 164 Å². The number of thiophene rings is 2. The van der Waals surface area contributed by atoms with Crippen molar-refractivity contribution in [2.75, 3.05) is 5.32 Å². The van der Waals surface area contributed by atoms with E-state index >= 15 is 0 Å². The first kappa shape index (κ1) is 17.5. The molecule has 1 amide bonds. The van der Waals surface area contributed by atoms with Gasteiger partial charge in [-0.25, -0.2) is 9.97 Å². The molecule has 4 rings (SSSR count). The third kappa shape index (κ3) is 4.06. The molecule has 0 saturated heterocycles. The Morgan fingerprint density at radius 1 is 1.12 bits per heavy atom. The van der Waals surface area contributed by atoms with Gasteiger partial charge in [0.15, 0.2) is 5.69 Å². The molecule has 0 bridgehead atoms. The predicted molar refractivity (Wildman–Crippen MR) is 106 cm³/mol. The van der Waals surface area contributed by atoms with Gasteiger partial charge in [0.25, 0.3) is 5.91 Å². The van der Waals surface area contributed by atoms with Gasteiger partial charge < -0.3 is 10.6 Å². The minimum absolute atomic E-state index is 0.244. The molecule has 0 atom stereocenters. The summed E-state index contributed by atoms with van der Waals surface area (Å²) in [5.41, 5.74) is 0.244. The summed E-state index contributed by atoms with van der Waals surface area (Å²) in [6, 6.07) is 7.99. The van der Waals surface area contributed by atoms with Gasteiger partial charge in [0, 0.05) is 15.7 Å². The number of hydrogen-bond donors (Lipinski definition) is 2. The molecular formula is C18H17ClN4OS2. The van der Waals surface area contributed by atoms with E-state index in [1.165, 1.54) is 4.88 Å². The lowest BCUT2D eigenvalue weighted by Crippen LogP contribution is -2.25. The molecule has 0 aliphatic heterocycles. The highest BCUT2D eigenvalue weighted by Crippen LogP contribution is 2.39. The summed E-state index contributed by atoms with van der Waals surface area (Å²) < 4.78 is 0. The second-order valence-corrected chi connectivity index (χ2v) is 8.50. The molecule has 1 saturated carbocycles. The van der Waals surface area contributed by atoms with Gasteiger partial charge in [0.2, 0.25) is 0 Å². The number of aromatic nitrogens is 2. The third-order valence-corrected chi connectivity index (χ3v) is 6.15. The van der Waals surface area contributed by atoms with Crippen molar-refractivity contribution in [2.45, 2.75) is 31.8 Å². The van der Waals surface area contributed by atoms with Gasteiger partial charge in [0.1, 0.15) is 16.7 Å². The van der Waals surface area contributed by atoms with Crippen LogP contribution in [0.5, 0.6) is 0 Å². The molecule has 3 heterocycles. The molecule has 3 aromatic heterocycles. The molecule has 0 spiro atoms. The number of carbonyl (C=O) groups is 1. The smallest absolute Gasteiger partial charge is 0.271 e. The van der Waals surface area contributed by atoms with Crippen molar-refractivity contribution in [3.05, 3.63) is 61.3 Å². The highest BCUT2D eigenvalue weighted by Gasteiger charge is 2.29. The van der Waals surface area contributed by atoms with Gasteiger partial charge >= 0.3 is 0 Å². The summed E-state index contributed by atoms with van der Waals surface area (Å²) in [5.74, 6) is 1.29. The average molecular weight is 405 g/mol. The van der Waals surface area contributed by atoms with Gasteiger partial charge in [0.05, 0.1) is 13.1 Å². The van der Waals surface area contributed by atoms with Crippen LogP contribution in [0, 0.1) is 0 Å². The van der Waals surface area contributed by atoms with Crippen molar-refractivity contribution in [2.24, 2.45) is 0 Å². The van der Waals surface area contributed by atoms with E-state index in [9.17, 15) is 4.79 Å². The normalized spacial score (nSPS) is 13.6. The summed E-state index contributed by atoms with van der Waals surface area (Å²) in [6.07, 6.45) is 2.12. The summed E-state index contributed by atoms with van der Waals surface area (Å²) >= 11 is 9.72. The van der Waals surface area contributed by atoms with E-state index in [4.69, 9.17) is 11.6 Å². The molecule has 134 valence electrons. The van der Waals surface area contributed by atoms with E-state index in [-0.39, 0.29) is 16.6 Å². The van der Waals surface area contributed by atoms with Gasteiger partial charge in [-0.3, -0.25) is 4.79 Å². The van der Waals surface area contributed by atoms with Crippen molar-refractivity contribution < 1.29 is 4.79 Å². The first-order valence-corrected chi connectivity index (χ1v) is 10.5. The summed E-state index contributed by atoms with van der Waals surface area (Å²) in [6.45, 7) is 1.09. The van der Waals surface area contributed by atoms with Crippen LogP contribution in [0.25, 0.3) is 0 Å². The van der Waals surface area contributed by atoms with Crippen molar-refractivity contribution in [1.29, 1.82) is 0 Å². The Balaban J connectivity index is 1.55. The molecule has 1 aliphatic carbocycles. The maximum Gasteiger partial charge on any atom is 0.271 e. The van der Waals surface area contributed by atoms with Crippen molar-refractivity contribution in [1.82, 2.24) is 15.3 Å².